The minimum atomic E-state index is -0.138. The lowest BCUT2D eigenvalue weighted by molar-refractivity contribution is -0.114. The predicted octanol–water partition coefficient (Wildman–Crippen LogP) is 2.82. The second-order valence-electron chi connectivity index (χ2n) is 7.54. The number of fused-ring (bicyclic) bond motifs is 1. The predicted molar refractivity (Wildman–Crippen MR) is 90.8 cm³/mol. The SMILES string of the molecule is c1ccc2c(-c3noc(C4CN5CC6CC5(CO4)C6)n3)nccc2c1. The van der Waals surface area contributed by atoms with Crippen molar-refractivity contribution in [2.24, 2.45) is 5.92 Å². The number of nitrogens with zero attached hydrogens (tertiary/aromatic N) is 4. The lowest BCUT2D eigenvalue weighted by Gasteiger charge is -2.46. The molecule has 7 rings (SSSR count). The molecule has 1 unspecified atom stereocenters. The van der Waals surface area contributed by atoms with Crippen molar-refractivity contribution in [1.82, 2.24) is 20.0 Å². The number of aromatic nitrogens is 3. The van der Waals surface area contributed by atoms with E-state index in [0.717, 1.165) is 35.5 Å². The molecule has 2 bridgehead atoms. The summed E-state index contributed by atoms with van der Waals surface area (Å²) in [6, 6.07) is 10.1. The Labute approximate surface area is 144 Å². The van der Waals surface area contributed by atoms with Crippen LogP contribution in [0.15, 0.2) is 41.1 Å². The molecule has 0 radical (unpaired) electrons. The third kappa shape index (κ3) is 1.95. The first kappa shape index (κ1) is 13.9. The second-order valence-corrected chi connectivity index (χ2v) is 7.54. The van der Waals surface area contributed by atoms with Gasteiger partial charge in [0.1, 0.15) is 11.8 Å². The monoisotopic (exact) mass is 334 g/mol. The average molecular weight is 334 g/mol. The van der Waals surface area contributed by atoms with Gasteiger partial charge >= 0.3 is 0 Å². The summed E-state index contributed by atoms with van der Waals surface area (Å²) in [5.41, 5.74) is 1.06. The van der Waals surface area contributed by atoms with Crippen LogP contribution in [0.5, 0.6) is 0 Å². The Morgan fingerprint density at radius 1 is 1.12 bits per heavy atom. The van der Waals surface area contributed by atoms with Crippen LogP contribution in [0.2, 0.25) is 0 Å². The van der Waals surface area contributed by atoms with Gasteiger partial charge in [0, 0.05) is 30.2 Å². The number of benzene rings is 1. The lowest BCUT2D eigenvalue weighted by Crippen LogP contribution is -2.54. The molecule has 4 fully saturated rings. The fourth-order valence-electron chi connectivity index (χ4n) is 4.80. The molecule has 6 heteroatoms. The van der Waals surface area contributed by atoms with Crippen LogP contribution >= 0.6 is 0 Å². The van der Waals surface area contributed by atoms with E-state index in [9.17, 15) is 0 Å². The first-order valence-electron chi connectivity index (χ1n) is 8.85. The average Bonchev–Trinajstić information content (AvgIpc) is 3.33. The normalized spacial score (nSPS) is 31.0. The second kappa shape index (κ2) is 4.86. The van der Waals surface area contributed by atoms with Crippen LogP contribution in [0.1, 0.15) is 24.8 Å². The van der Waals surface area contributed by atoms with Crippen molar-refractivity contribution in [3.63, 3.8) is 0 Å². The highest BCUT2D eigenvalue weighted by molar-refractivity contribution is 5.92. The maximum atomic E-state index is 6.10. The molecule has 0 amide bonds. The Balaban J connectivity index is 1.32. The van der Waals surface area contributed by atoms with Crippen LogP contribution in [0, 0.1) is 5.92 Å². The van der Waals surface area contributed by atoms with Gasteiger partial charge in [-0.2, -0.15) is 4.98 Å². The van der Waals surface area contributed by atoms with Crippen LogP contribution in [0.3, 0.4) is 0 Å². The van der Waals surface area contributed by atoms with Gasteiger partial charge in [-0.05, 0) is 30.2 Å². The molecular formula is C19H18N4O2. The van der Waals surface area contributed by atoms with Crippen LogP contribution in [-0.2, 0) is 4.74 Å². The molecule has 3 aliphatic heterocycles. The third-order valence-corrected chi connectivity index (χ3v) is 6.03. The Bertz CT molecular complexity index is 957. The van der Waals surface area contributed by atoms with Crippen LogP contribution in [0.25, 0.3) is 22.3 Å². The van der Waals surface area contributed by atoms with Gasteiger partial charge in [0.25, 0.3) is 5.89 Å². The standard InChI is InChI=1S/C19H18N4O2/c1-2-4-14-13(3-1)5-6-20-16(14)17-21-18(25-22-17)15-10-23-9-12-7-19(23,8-12)11-24-15/h1-6,12,15H,7-11H2. The molecule has 4 aliphatic rings. The van der Waals surface area contributed by atoms with Gasteiger partial charge in [-0.25, -0.2) is 0 Å². The summed E-state index contributed by atoms with van der Waals surface area (Å²) in [6.45, 7) is 2.81. The van der Waals surface area contributed by atoms with Gasteiger partial charge < -0.3 is 9.26 Å². The zero-order chi connectivity index (χ0) is 16.4. The molecular weight excluding hydrogens is 316 g/mol. The molecule has 6 nitrogen and oxygen atoms in total. The molecule has 1 atom stereocenters. The molecule has 2 aromatic heterocycles. The Hall–Kier alpha value is -2.31. The number of pyridine rings is 1. The first-order valence-corrected chi connectivity index (χ1v) is 8.85. The number of ether oxygens (including phenoxy) is 1. The highest BCUT2D eigenvalue weighted by Crippen LogP contribution is 2.53. The van der Waals surface area contributed by atoms with Crippen molar-refractivity contribution in [2.45, 2.75) is 24.5 Å². The zero-order valence-corrected chi connectivity index (χ0v) is 13.8. The summed E-state index contributed by atoms with van der Waals surface area (Å²) in [4.78, 5) is 11.6. The van der Waals surface area contributed by atoms with Gasteiger partial charge in [-0.1, -0.05) is 29.4 Å². The lowest BCUT2D eigenvalue weighted by atomic mass is 9.73. The van der Waals surface area contributed by atoms with Gasteiger partial charge in [-0.15, -0.1) is 0 Å². The molecule has 1 saturated carbocycles. The smallest absolute Gasteiger partial charge is 0.257 e. The van der Waals surface area contributed by atoms with Crippen LogP contribution < -0.4 is 0 Å². The van der Waals surface area contributed by atoms with Crippen LogP contribution in [-0.4, -0.2) is 45.3 Å². The molecule has 126 valence electrons. The molecule has 5 heterocycles. The highest BCUT2D eigenvalue weighted by Gasteiger charge is 2.58. The summed E-state index contributed by atoms with van der Waals surface area (Å²) in [5, 5.41) is 6.32. The van der Waals surface area contributed by atoms with Crippen molar-refractivity contribution in [3.05, 3.63) is 42.4 Å². The summed E-state index contributed by atoms with van der Waals surface area (Å²) in [6.07, 6.45) is 4.22. The maximum absolute atomic E-state index is 6.10. The summed E-state index contributed by atoms with van der Waals surface area (Å²) in [5.74, 6) is 1.95. The highest BCUT2D eigenvalue weighted by atomic mass is 16.5. The van der Waals surface area contributed by atoms with Crippen molar-refractivity contribution in [2.75, 3.05) is 19.7 Å². The van der Waals surface area contributed by atoms with E-state index < -0.39 is 0 Å². The minimum Gasteiger partial charge on any atom is -0.365 e. The molecule has 1 aromatic carbocycles. The van der Waals surface area contributed by atoms with Crippen molar-refractivity contribution in [3.8, 4) is 11.5 Å². The largest absolute Gasteiger partial charge is 0.365 e. The molecule has 1 spiro atoms. The van der Waals surface area contributed by atoms with Gasteiger partial charge in [-0.3, -0.25) is 9.88 Å². The number of rotatable bonds is 2. The minimum absolute atomic E-state index is 0.138. The molecule has 3 saturated heterocycles. The van der Waals surface area contributed by atoms with E-state index in [0.29, 0.717) is 17.3 Å². The van der Waals surface area contributed by atoms with Crippen molar-refractivity contribution < 1.29 is 9.26 Å². The molecule has 25 heavy (non-hydrogen) atoms. The van der Waals surface area contributed by atoms with Crippen LogP contribution in [0.4, 0.5) is 0 Å². The fourth-order valence-corrected chi connectivity index (χ4v) is 4.80. The summed E-state index contributed by atoms with van der Waals surface area (Å²) in [7, 11) is 0. The number of morpholine rings is 1. The van der Waals surface area contributed by atoms with E-state index >= 15 is 0 Å². The van der Waals surface area contributed by atoms with E-state index in [2.05, 4.69) is 26.1 Å². The summed E-state index contributed by atoms with van der Waals surface area (Å²) < 4.78 is 11.6. The van der Waals surface area contributed by atoms with Gasteiger partial charge in [0.15, 0.2) is 0 Å². The topological polar surface area (TPSA) is 64.3 Å². The Kier molecular flexibility index (Phi) is 2.71. The zero-order valence-electron chi connectivity index (χ0n) is 13.8. The fraction of sp³-hybridized carbons (Fsp3) is 0.421. The van der Waals surface area contributed by atoms with E-state index in [1.807, 2.05) is 24.3 Å². The first-order chi connectivity index (χ1) is 12.3. The molecule has 1 aliphatic carbocycles. The van der Waals surface area contributed by atoms with E-state index in [4.69, 9.17) is 9.26 Å². The Morgan fingerprint density at radius 2 is 2.04 bits per heavy atom. The maximum Gasteiger partial charge on any atom is 0.257 e. The van der Waals surface area contributed by atoms with Gasteiger partial charge in [0.2, 0.25) is 5.82 Å². The van der Waals surface area contributed by atoms with E-state index in [1.54, 1.807) is 6.20 Å². The van der Waals surface area contributed by atoms with Gasteiger partial charge in [0.05, 0.1) is 6.61 Å². The number of hydrogen-bond donors (Lipinski definition) is 0. The Morgan fingerprint density at radius 3 is 3.00 bits per heavy atom. The quantitative estimate of drug-likeness (QED) is 0.718. The van der Waals surface area contributed by atoms with Crippen molar-refractivity contribution >= 4 is 10.8 Å². The molecule has 3 aromatic rings. The van der Waals surface area contributed by atoms with E-state index in [-0.39, 0.29) is 6.10 Å². The summed E-state index contributed by atoms with van der Waals surface area (Å²) >= 11 is 0. The molecule has 0 N–H and O–H groups in total. The number of hydrogen-bond acceptors (Lipinski definition) is 6. The third-order valence-electron chi connectivity index (χ3n) is 6.03. The van der Waals surface area contributed by atoms with E-state index in [1.165, 1.54) is 19.4 Å². The van der Waals surface area contributed by atoms with Crippen molar-refractivity contribution in [1.29, 1.82) is 0 Å².